The lowest BCUT2D eigenvalue weighted by Gasteiger charge is -2.40. The van der Waals surface area contributed by atoms with Crippen molar-refractivity contribution in [3.05, 3.63) is 53.3 Å². The molecule has 2 heterocycles. The number of nitrogens with two attached hydrogens (primary N) is 1. The Bertz CT molecular complexity index is 850. The number of methoxy groups -OCH3 is 1. The number of rotatable bonds is 6. The fraction of sp³-hybridized carbons (Fsp3) is 0.686. The second-order valence-electron chi connectivity index (χ2n) is 10.8. The van der Waals surface area contributed by atoms with E-state index in [9.17, 15) is 4.79 Å². The molecular weight excluding hydrogens is 510 g/mol. The van der Waals surface area contributed by atoms with Gasteiger partial charge in [0.25, 0.3) is 0 Å². The first-order valence-corrected chi connectivity index (χ1v) is 16.0. The van der Waals surface area contributed by atoms with Gasteiger partial charge in [-0.3, -0.25) is 0 Å². The highest BCUT2D eigenvalue weighted by Gasteiger charge is 2.41. The van der Waals surface area contributed by atoms with Crippen molar-refractivity contribution in [1.29, 1.82) is 0 Å². The van der Waals surface area contributed by atoms with Crippen molar-refractivity contribution >= 4 is 6.29 Å². The smallest absolute Gasteiger partial charge is 0.128 e. The number of fused-ring (bicyclic) bond motifs is 2. The van der Waals surface area contributed by atoms with E-state index in [0.29, 0.717) is 18.4 Å². The number of hydrogen-bond acceptors (Lipinski definition) is 5. The zero-order valence-corrected chi connectivity index (χ0v) is 28.6. The second kappa shape index (κ2) is 24.4. The number of piperidine rings is 1. The van der Waals surface area contributed by atoms with Gasteiger partial charge in [0.1, 0.15) is 18.6 Å². The molecule has 1 aromatic carbocycles. The number of likely N-dealkylation sites (tertiary alicyclic amines) is 1. The van der Waals surface area contributed by atoms with Gasteiger partial charge in [-0.05, 0) is 107 Å². The van der Waals surface area contributed by atoms with Gasteiger partial charge in [0.05, 0.1) is 11.3 Å². The van der Waals surface area contributed by atoms with Gasteiger partial charge in [-0.1, -0.05) is 61.0 Å². The van der Waals surface area contributed by atoms with Gasteiger partial charge < -0.3 is 29.9 Å². The average molecular weight is 576 g/mol. The minimum absolute atomic E-state index is 0.0417. The van der Waals surface area contributed by atoms with Crippen LogP contribution in [0.1, 0.15) is 118 Å². The summed E-state index contributed by atoms with van der Waals surface area (Å²) in [7, 11) is 1.71. The summed E-state index contributed by atoms with van der Waals surface area (Å²) in [4.78, 5) is 16.2. The molecule has 1 spiro atoms. The number of nitrogens with zero attached hydrogens (tertiary/aromatic N) is 1. The summed E-state index contributed by atoms with van der Waals surface area (Å²) in [6.07, 6.45) is 9.69. The summed E-state index contributed by atoms with van der Waals surface area (Å²) in [5, 5.41) is 0. The molecule has 41 heavy (non-hydrogen) atoms. The predicted molar refractivity (Wildman–Crippen MR) is 178 cm³/mol. The fourth-order valence-electron chi connectivity index (χ4n) is 4.47. The zero-order valence-electron chi connectivity index (χ0n) is 28.6. The predicted octanol–water partition coefficient (Wildman–Crippen LogP) is 8.33. The van der Waals surface area contributed by atoms with E-state index in [1.165, 1.54) is 36.8 Å². The molecule has 0 saturated carbocycles. The van der Waals surface area contributed by atoms with Gasteiger partial charge in [0, 0.05) is 26.3 Å². The molecule has 6 nitrogen and oxygen atoms in total. The number of carbonyl (C=O) groups is 1. The van der Waals surface area contributed by atoms with Crippen LogP contribution in [0.2, 0.25) is 0 Å². The number of aromatic amines is 1. The van der Waals surface area contributed by atoms with E-state index in [4.69, 9.17) is 15.2 Å². The molecule has 4 rings (SSSR count). The van der Waals surface area contributed by atoms with Crippen molar-refractivity contribution in [3.63, 3.8) is 0 Å². The van der Waals surface area contributed by atoms with Gasteiger partial charge in [-0.2, -0.15) is 0 Å². The number of H-pyrrole nitrogens is 1. The van der Waals surface area contributed by atoms with Crippen LogP contribution in [0.5, 0.6) is 5.75 Å². The molecule has 0 unspecified atom stereocenters. The monoisotopic (exact) mass is 576 g/mol. The van der Waals surface area contributed by atoms with E-state index in [-0.39, 0.29) is 5.60 Å². The molecule has 0 atom stereocenters. The molecule has 0 radical (unpaired) electrons. The van der Waals surface area contributed by atoms with E-state index >= 15 is 0 Å². The maximum absolute atomic E-state index is 10.6. The average Bonchev–Trinajstić information content (AvgIpc) is 3.63. The molecule has 1 aliphatic carbocycles. The van der Waals surface area contributed by atoms with Crippen LogP contribution in [0.25, 0.3) is 0 Å². The van der Waals surface area contributed by atoms with E-state index in [0.717, 1.165) is 50.3 Å². The molecule has 1 saturated heterocycles. The topological polar surface area (TPSA) is 80.6 Å². The highest BCUT2D eigenvalue weighted by atomic mass is 16.5. The number of nitrogens with one attached hydrogen (secondary N) is 1. The number of aromatic nitrogens is 1. The third kappa shape index (κ3) is 16.8. The zero-order chi connectivity index (χ0) is 31.7. The standard InChI is InChI=1S/C21H26N2O2.C5H12O.C3H8.C2H7N.2C2H6/c24-14-2-11-23-12-8-21(9-13-23)7-6-17-15-19(4-5-20(17)21)25-16-18-3-1-10-22-18;1-5(2,3)6-4;1-3-2;1-2-3;2*1-2/h1,3-5,10,14-15,22H,2,6-9,11-13,16H2;1-4H3;3H2,1-2H3;2-3H2,1H3;2*1-2H3. The van der Waals surface area contributed by atoms with Crippen LogP contribution in [0.4, 0.5) is 0 Å². The summed E-state index contributed by atoms with van der Waals surface area (Å²) in [5.74, 6) is 0.966. The Kier molecular flexibility index (Phi) is 24.4. The third-order valence-electron chi connectivity index (χ3n) is 6.57. The summed E-state index contributed by atoms with van der Waals surface area (Å²) in [5.41, 5.74) is 9.34. The lowest BCUT2D eigenvalue weighted by molar-refractivity contribution is -0.108. The van der Waals surface area contributed by atoms with Gasteiger partial charge in [-0.15, -0.1) is 0 Å². The summed E-state index contributed by atoms with van der Waals surface area (Å²) < 4.78 is 10.9. The quantitative estimate of drug-likeness (QED) is 0.339. The first-order chi connectivity index (χ1) is 19.7. The summed E-state index contributed by atoms with van der Waals surface area (Å²) in [6.45, 7) is 24.7. The summed E-state index contributed by atoms with van der Waals surface area (Å²) in [6, 6.07) is 10.7. The van der Waals surface area contributed by atoms with Crippen molar-refractivity contribution in [2.45, 2.75) is 125 Å². The number of ether oxygens (including phenoxy) is 2. The Labute approximate surface area is 253 Å². The van der Waals surface area contributed by atoms with Crippen molar-refractivity contribution in [2.75, 3.05) is 33.3 Å². The molecule has 0 amide bonds. The SMILES string of the molecule is CC.CC.CCC.CCN.COC(C)(C)C.O=CCCN1CCC2(CCc3cc(OCc4ccc[nH]4)ccc32)CC1. The molecule has 0 bridgehead atoms. The molecular formula is C35H65N3O3. The molecule has 1 aliphatic heterocycles. The van der Waals surface area contributed by atoms with Crippen LogP contribution in [0, 0.1) is 0 Å². The van der Waals surface area contributed by atoms with E-state index in [1.807, 2.05) is 73.7 Å². The first-order valence-electron chi connectivity index (χ1n) is 16.0. The third-order valence-corrected chi connectivity index (χ3v) is 6.57. The molecule has 2 aromatic rings. The first kappa shape index (κ1) is 41.0. The molecule has 1 fully saturated rings. The van der Waals surface area contributed by atoms with Crippen LogP contribution in [0.3, 0.4) is 0 Å². The largest absolute Gasteiger partial charge is 0.487 e. The van der Waals surface area contributed by atoms with Crippen LogP contribution in [0.15, 0.2) is 36.5 Å². The maximum Gasteiger partial charge on any atom is 0.128 e. The Morgan fingerprint density at radius 3 is 2.05 bits per heavy atom. The Hall–Kier alpha value is -2.15. The molecule has 238 valence electrons. The minimum Gasteiger partial charge on any atom is -0.487 e. The van der Waals surface area contributed by atoms with Crippen LogP contribution in [-0.4, -0.2) is 55.1 Å². The van der Waals surface area contributed by atoms with E-state index < -0.39 is 0 Å². The molecule has 3 N–H and O–H groups in total. The lowest BCUT2D eigenvalue weighted by Crippen LogP contribution is -2.41. The number of aldehydes is 1. The van der Waals surface area contributed by atoms with Gasteiger partial charge >= 0.3 is 0 Å². The van der Waals surface area contributed by atoms with Gasteiger partial charge in [0.15, 0.2) is 0 Å². The second-order valence-corrected chi connectivity index (χ2v) is 10.8. The van der Waals surface area contributed by atoms with Crippen LogP contribution >= 0.6 is 0 Å². The maximum atomic E-state index is 10.6. The Balaban J connectivity index is 0. The van der Waals surface area contributed by atoms with Gasteiger partial charge in [-0.25, -0.2) is 0 Å². The van der Waals surface area contributed by atoms with Crippen LogP contribution in [-0.2, 0) is 28.0 Å². The highest BCUT2D eigenvalue weighted by molar-refractivity contribution is 5.49. The number of carbonyl (C=O) groups excluding carboxylic acids is 1. The van der Waals surface area contributed by atoms with Crippen molar-refractivity contribution < 1.29 is 14.3 Å². The highest BCUT2D eigenvalue weighted by Crippen LogP contribution is 2.47. The lowest BCUT2D eigenvalue weighted by atomic mass is 9.74. The molecule has 2 aliphatic rings. The normalized spacial score (nSPS) is 14.5. The number of benzene rings is 1. The van der Waals surface area contributed by atoms with Crippen molar-refractivity contribution in [1.82, 2.24) is 9.88 Å². The van der Waals surface area contributed by atoms with Crippen molar-refractivity contribution in [3.8, 4) is 5.75 Å². The Morgan fingerprint density at radius 2 is 1.59 bits per heavy atom. The van der Waals surface area contributed by atoms with Crippen LogP contribution < -0.4 is 10.5 Å². The summed E-state index contributed by atoms with van der Waals surface area (Å²) >= 11 is 0. The Morgan fingerprint density at radius 1 is 1.02 bits per heavy atom. The van der Waals surface area contributed by atoms with E-state index in [2.05, 4.69) is 41.9 Å². The fourth-order valence-corrected chi connectivity index (χ4v) is 4.47. The molecule has 1 aromatic heterocycles. The van der Waals surface area contributed by atoms with E-state index in [1.54, 1.807) is 7.11 Å². The number of aryl methyl sites for hydroxylation is 1. The molecule has 6 heteroatoms. The number of hydrogen-bond donors (Lipinski definition) is 2. The van der Waals surface area contributed by atoms with Gasteiger partial charge in [0.2, 0.25) is 0 Å². The van der Waals surface area contributed by atoms with Crippen molar-refractivity contribution in [2.24, 2.45) is 5.73 Å². The minimum atomic E-state index is 0.0417.